The number of ether oxygens (including phenoxy) is 1. The molecule has 4 rings (SSSR count). The number of benzene rings is 1. The molecular formula is C22H31N5O. The third-order valence-electron chi connectivity index (χ3n) is 5.76. The maximum Gasteiger partial charge on any atom is 0.224 e. The quantitative estimate of drug-likeness (QED) is 0.826. The summed E-state index contributed by atoms with van der Waals surface area (Å²) in [5.41, 5.74) is 1.24. The van der Waals surface area contributed by atoms with Gasteiger partial charge in [-0.25, -0.2) is 4.98 Å². The summed E-state index contributed by atoms with van der Waals surface area (Å²) in [6, 6.07) is 10.7. The summed E-state index contributed by atoms with van der Waals surface area (Å²) in [5, 5.41) is 3.56. The fourth-order valence-corrected chi connectivity index (χ4v) is 4.25. The summed E-state index contributed by atoms with van der Waals surface area (Å²) in [6.07, 6.45) is 8.16. The highest BCUT2D eigenvalue weighted by molar-refractivity contribution is 5.43. The molecule has 1 aromatic heterocycles. The van der Waals surface area contributed by atoms with Crippen LogP contribution in [0.5, 0.6) is 5.75 Å². The molecule has 0 amide bonds. The van der Waals surface area contributed by atoms with Crippen LogP contribution in [-0.2, 0) is 6.54 Å². The van der Waals surface area contributed by atoms with Crippen LogP contribution in [0.4, 0.5) is 11.8 Å². The molecule has 3 heterocycles. The number of nitrogens with zero attached hydrogens (tertiary/aromatic N) is 4. The van der Waals surface area contributed by atoms with Crippen molar-refractivity contribution in [2.24, 2.45) is 0 Å². The van der Waals surface area contributed by atoms with E-state index in [2.05, 4.69) is 32.2 Å². The van der Waals surface area contributed by atoms with Crippen LogP contribution < -0.4 is 15.0 Å². The first-order valence-electron chi connectivity index (χ1n) is 10.5. The second-order valence-electron chi connectivity index (χ2n) is 7.82. The van der Waals surface area contributed by atoms with Gasteiger partial charge in [-0.15, -0.1) is 0 Å². The van der Waals surface area contributed by atoms with Crippen molar-refractivity contribution in [3.8, 4) is 5.75 Å². The Labute approximate surface area is 167 Å². The zero-order chi connectivity index (χ0) is 19.2. The number of hydrogen-bond acceptors (Lipinski definition) is 6. The normalized spacial score (nSPS) is 20.8. The number of para-hydroxylation sites is 1. The molecule has 2 aliphatic heterocycles. The maximum atomic E-state index is 5.49. The number of likely N-dealkylation sites (tertiary alicyclic amines) is 1. The lowest BCUT2D eigenvalue weighted by Gasteiger charge is -2.22. The average molecular weight is 382 g/mol. The fraction of sp³-hybridized carbons (Fsp3) is 0.545. The van der Waals surface area contributed by atoms with E-state index in [4.69, 9.17) is 9.72 Å². The van der Waals surface area contributed by atoms with E-state index in [0.717, 1.165) is 56.7 Å². The molecule has 0 aliphatic carbocycles. The second-order valence-corrected chi connectivity index (χ2v) is 7.82. The Hall–Kier alpha value is -2.34. The summed E-state index contributed by atoms with van der Waals surface area (Å²) < 4.78 is 5.49. The van der Waals surface area contributed by atoms with E-state index in [1.807, 2.05) is 24.4 Å². The number of methoxy groups -OCH3 is 1. The molecule has 28 heavy (non-hydrogen) atoms. The predicted molar refractivity (Wildman–Crippen MR) is 113 cm³/mol. The van der Waals surface area contributed by atoms with E-state index >= 15 is 0 Å². The van der Waals surface area contributed by atoms with Gasteiger partial charge < -0.3 is 15.0 Å². The van der Waals surface area contributed by atoms with Crippen molar-refractivity contribution in [1.82, 2.24) is 14.9 Å². The van der Waals surface area contributed by atoms with Gasteiger partial charge in [0.2, 0.25) is 5.95 Å². The van der Waals surface area contributed by atoms with Crippen LogP contribution in [-0.4, -0.2) is 54.2 Å². The first-order chi connectivity index (χ1) is 13.8. The SMILES string of the molecule is COc1ccccc1CN1CCC(Nc2nccc(N3CCCCCC3)n2)C1. The molecule has 6 nitrogen and oxygen atoms in total. The topological polar surface area (TPSA) is 53.5 Å². The molecule has 0 saturated carbocycles. The minimum atomic E-state index is 0.383. The Morgan fingerprint density at radius 1 is 1.07 bits per heavy atom. The van der Waals surface area contributed by atoms with Crippen LogP contribution in [0, 0.1) is 0 Å². The Bertz CT molecular complexity index is 760. The molecule has 2 aliphatic rings. The van der Waals surface area contributed by atoms with E-state index in [1.54, 1.807) is 7.11 Å². The Morgan fingerprint density at radius 2 is 1.89 bits per heavy atom. The van der Waals surface area contributed by atoms with E-state index < -0.39 is 0 Å². The van der Waals surface area contributed by atoms with E-state index in [9.17, 15) is 0 Å². The highest BCUT2D eigenvalue weighted by Crippen LogP contribution is 2.23. The minimum Gasteiger partial charge on any atom is -0.496 e. The molecule has 150 valence electrons. The Balaban J connectivity index is 1.34. The van der Waals surface area contributed by atoms with Gasteiger partial charge in [0.1, 0.15) is 11.6 Å². The zero-order valence-corrected chi connectivity index (χ0v) is 16.8. The first kappa shape index (κ1) is 19.0. The zero-order valence-electron chi connectivity index (χ0n) is 16.8. The van der Waals surface area contributed by atoms with Gasteiger partial charge >= 0.3 is 0 Å². The number of hydrogen-bond donors (Lipinski definition) is 1. The molecular weight excluding hydrogens is 350 g/mol. The lowest BCUT2D eigenvalue weighted by molar-refractivity contribution is 0.318. The number of aromatic nitrogens is 2. The molecule has 1 aromatic carbocycles. The van der Waals surface area contributed by atoms with Gasteiger partial charge in [-0.3, -0.25) is 4.90 Å². The standard InChI is InChI=1S/C22H31N5O/c1-28-20-9-5-4-8-18(20)16-26-15-11-19(17-26)24-22-23-12-10-21(25-22)27-13-6-2-3-7-14-27/h4-5,8-10,12,19H,2-3,6-7,11,13-17H2,1H3,(H,23,24,25). The predicted octanol–water partition coefficient (Wildman–Crippen LogP) is 3.55. The van der Waals surface area contributed by atoms with Gasteiger partial charge in [0.05, 0.1) is 7.11 Å². The third kappa shape index (κ3) is 4.73. The minimum absolute atomic E-state index is 0.383. The van der Waals surface area contributed by atoms with Crippen molar-refractivity contribution < 1.29 is 4.74 Å². The number of nitrogens with one attached hydrogen (secondary N) is 1. The van der Waals surface area contributed by atoms with Crippen molar-refractivity contribution in [3.05, 3.63) is 42.1 Å². The summed E-state index contributed by atoms with van der Waals surface area (Å²) >= 11 is 0. The summed E-state index contributed by atoms with van der Waals surface area (Å²) in [6.45, 7) is 5.19. The van der Waals surface area contributed by atoms with E-state index in [-0.39, 0.29) is 0 Å². The molecule has 1 atom stereocenters. The van der Waals surface area contributed by atoms with Gasteiger partial charge in [0.15, 0.2) is 0 Å². The summed E-state index contributed by atoms with van der Waals surface area (Å²) in [5.74, 6) is 2.78. The molecule has 0 bridgehead atoms. The van der Waals surface area contributed by atoms with Crippen LogP contribution in [0.25, 0.3) is 0 Å². The summed E-state index contributed by atoms with van der Waals surface area (Å²) in [7, 11) is 1.74. The van der Waals surface area contributed by atoms with Crippen molar-refractivity contribution in [2.75, 3.05) is 43.5 Å². The van der Waals surface area contributed by atoms with Crippen LogP contribution in [0.1, 0.15) is 37.7 Å². The largest absolute Gasteiger partial charge is 0.496 e. The fourth-order valence-electron chi connectivity index (χ4n) is 4.25. The lowest BCUT2D eigenvalue weighted by Crippen LogP contribution is -2.28. The van der Waals surface area contributed by atoms with Gasteiger partial charge in [-0.1, -0.05) is 31.0 Å². The van der Waals surface area contributed by atoms with Gasteiger partial charge in [0.25, 0.3) is 0 Å². The second kappa shape index (κ2) is 9.24. The third-order valence-corrected chi connectivity index (χ3v) is 5.76. The highest BCUT2D eigenvalue weighted by atomic mass is 16.5. The Kier molecular flexibility index (Phi) is 6.27. The van der Waals surface area contributed by atoms with E-state index in [0.29, 0.717) is 6.04 Å². The molecule has 2 saturated heterocycles. The van der Waals surface area contributed by atoms with E-state index in [1.165, 1.54) is 31.2 Å². The highest BCUT2D eigenvalue weighted by Gasteiger charge is 2.24. The molecule has 0 spiro atoms. The van der Waals surface area contributed by atoms with Crippen LogP contribution in [0.3, 0.4) is 0 Å². The van der Waals surface area contributed by atoms with Gasteiger partial charge in [0, 0.05) is 50.5 Å². The van der Waals surface area contributed by atoms with Crippen molar-refractivity contribution >= 4 is 11.8 Å². The lowest BCUT2D eigenvalue weighted by atomic mass is 10.2. The monoisotopic (exact) mass is 381 g/mol. The molecule has 0 radical (unpaired) electrons. The van der Waals surface area contributed by atoms with Crippen molar-refractivity contribution in [1.29, 1.82) is 0 Å². The molecule has 6 heteroatoms. The molecule has 1 unspecified atom stereocenters. The van der Waals surface area contributed by atoms with Crippen LogP contribution in [0.15, 0.2) is 36.5 Å². The summed E-state index contributed by atoms with van der Waals surface area (Å²) in [4.78, 5) is 14.1. The van der Waals surface area contributed by atoms with Crippen molar-refractivity contribution in [3.63, 3.8) is 0 Å². The average Bonchev–Trinajstić information content (AvgIpc) is 2.99. The van der Waals surface area contributed by atoms with Gasteiger partial charge in [-0.05, 0) is 31.4 Å². The molecule has 2 aromatic rings. The number of rotatable bonds is 6. The van der Waals surface area contributed by atoms with Crippen LogP contribution in [0.2, 0.25) is 0 Å². The van der Waals surface area contributed by atoms with Crippen LogP contribution >= 0.6 is 0 Å². The molecule has 1 N–H and O–H groups in total. The van der Waals surface area contributed by atoms with Gasteiger partial charge in [-0.2, -0.15) is 4.98 Å². The Morgan fingerprint density at radius 3 is 2.71 bits per heavy atom. The maximum absolute atomic E-state index is 5.49. The first-order valence-corrected chi connectivity index (χ1v) is 10.5. The molecule has 2 fully saturated rings. The smallest absolute Gasteiger partial charge is 0.224 e. The number of anilines is 2. The van der Waals surface area contributed by atoms with Crippen molar-refractivity contribution in [2.45, 2.75) is 44.7 Å².